The standard InChI is InChI=1S/C26H29N3O3/c1-32-21-13-11-20(12-14-21)29-24-10-6-5-9-22(24)28-23(26(29)31)15-16-25(30)27-18-17-19-7-3-2-4-8-19/h5-7,9-14H,2-4,8,15-18H2,1H3,(H,27,30). The third-order valence-corrected chi connectivity index (χ3v) is 5.90. The molecule has 0 fully saturated rings. The van der Waals surface area contributed by atoms with Crippen molar-refractivity contribution in [1.29, 1.82) is 0 Å². The van der Waals surface area contributed by atoms with E-state index >= 15 is 0 Å². The van der Waals surface area contributed by atoms with E-state index in [0.717, 1.165) is 41.7 Å². The van der Waals surface area contributed by atoms with Crippen molar-refractivity contribution in [3.63, 3.8) is 0 Å². The molecule has 1 aromatic heterocycles. The van der Waals surface area contributed by atoms with Gasteiger partial charge in [-0.3, -0.25) is 14.2 Å². The molecule has 1 aliphatic carbocycles. The van der Waals surface area contributed by atoms with Crippen LogP contribution in [-0.2, 0) is 11.2 Å². The molecular weight excluding hydrogens is 402 g/mol. The van der Waals surface area contributed by atoms with E-state index in [1.54, 1.807) is 11.7 Å². The monoisotopic (exact) mass is 431 g/mol. The summed E-state index contributed by atoms with van der Waals surface area (Å²) in [5.41, 5.74) is 3.83. The summed E-state index contributed by atoms with van der Waals surface area (Å²) in [6.45, 7) is 0.645. The number of allylic oxidation sites excluding steroid dienone is 1. The van der Waals surface area contributed by atoms with Crippen molar-refractivity contribution in [2.75, 3.05) is 13.7 Å². The number of aromatic nitrogens is 2. The molecule has 1 heterocycles. The van der Waals surface area contributed by atoms with Crippen molar-refractivity contribution >= 4 is 16.9 Å². The van der Waals surface area contributed by atoms with Crippen molar-refractivity contribution in [1.82, 2.24) is 14.9 Å². The molecule has 1 N–H and O–H groups in total. The second kappa shape index (κ2) is 10.3. The second-order valence-electron chi connectivity index (χ2n) is 8.09. The smallest absolute Gasteiger partial charge is 0.277 e. The van der Waals surface area contributed by atoms with E-state index in [0.29, 0.717) is 18.7 Å². The van der Waals surface area contributed by atoms with Gasteiger partial charge in [-0.2, -0.15) is 0 Å². The molecule has 0 atom stereocenters. The molecule has 166 valence electrons. The molecule has 0 saturated heterocycles. The minimum atomic E-state index is -0.200. The Hall–Kier alpha value is -3.41. The number of methoxy groups -OCH3 is 1. The quantitative estimate of drug-likeness (QED) is 0.539. The van der Waals surface area contributed by atoms with Crippen molar-refractivity contribution in [3.8, 4) is 11.4 Å². The molecule has 0 radical (unpaired) electrons. The molecule has 0 unspecified atom stereocenters. The number of hydrogen-bond donors (Lipinski definition) is 1. The maximum atomic E-state index is 13.3. The van der Waals surface area contributed by atoms with Gasteiger partial charge in [0.1, 0.15) is 11.4 Å². The maximum Gasteiger partial charge on any atom is 0.277 e. The predicted octanol–water partition coefficient (Wildman–Crippen LogP) is 4.33. The zero-order chi connectivity index (χ0) is 22.3. The molecule has 2 aromatic carbocycles. The third-order valence-electron chi connectivity index (χ3n) is 5.90. The predicted molar refractivity (Wildman–Crippen MR) is 126 cm³/mol. The lowest BCUT2D eigenvalue weighted by molar-refractivity contribution is -0.121. The molecule has 1 aliphatic rings. The molecule has 6 heteroatoms. The SMILES string of the molecule is COc1ccc(-n2c(=O)c(CCC(=O)NCCC3=CCCCC3)nc3ccccc32)cc1. The van der Waals surface area contributed by atoms with Gasteiger partial charge in [-0.15, -0.1) is 0 Å². The Kier molecular flexibility index (Phi) is 7.00. The topological polar surface area (TPSA) is 73.2 Å². The van der Waals surface area contributed by atoms with Crippen LogP contribution in [0.25, 0.3) is 16.7 Å². The van der Waals surface area contributed by atoms with Crippen LogP contribution in [-0.4, -0.2) is 29.1 Å². The summed E-state index contributed by atoms with van der Waals surface area (Å²) in [4.78, 5) is 30.3. The first kappa shape index (κ1) is 21.8. The fraction of sp³-hybridized carbons (Fsp3) is 0.346. The number of benzene rings is 2. The summed E-state index contributed by atoms with van der Waals surface area (Å²) in [5, 5.41) is 2.99. The van der Waals surface area contributed by atoms with Crippen LogP contribution in [0.15, 0.2) is 65.0 Å². The van der Waals surface area contributed by atoms with Crippen LogP contribution in [0.5, 0.6) is 5.75 Å². The van der Waals surface area contributed by atoms with Gasteiger partial charge in [0.2, 0.25) is 5.91 Å². The summed E-state index contributed by atoms with van der Waals surface area (Å²) < 4.78 is 6.89. The second-order valence-corrected chi connectivity index (χ2v) is 8.09. The molecular formula is C26H29N3O3. The lowest BCUT2D eigenvalue weighted by Crippen LogP contribution is -2.28. The Morgan fingerprint density at radius 2 is 1.91 bits per heavy atom. The van der Waals surface area contributed by atoms with Gasteiger partial charge in [0.05, 0.1) is 18.1 Å². The van der Waals surface area contributed by atoms with Crippen molar-refractivity contribution in [2.24, 2.45) is 0 Å². The third kappa shape index (κ3) is 5.07. The fourth-order valence-corrected chi connectivity index (χ4v) is 4.14. The number of nitrogens with one attached hydrogen (secondary N) is 1. The molecule has 0 saturated carbocycles. The summed E-state index contributed by atoms with van der Waals surface area (Å²) in [6.07, 6.45) is 8.55. The fourth-order valence-electron chi connectivity index (χ4n) is 4.14. The normalized spacial score (nSPS) is 13.6. The highest BCUT2D eigenvalue weighted by molar-refractivity contribution is 5.78. The Bertz CT molecular complexity index is 1180. The van der Waals surface area contributed by atoms with Crippen LogP contribution in [0.3, 0.4) is 0 Å². The minimum absolute atomic E-state index is 0.0493. The number of fused-ring (bicyclic) bond motifs is 1. The number of aryl methyl sites for hydroxylation is 1. The lowest BCUT2D eigenvalue weighted by atomic mass is 9.97. The van der Waals surface area contributed by atoms with Gasteiger partial charge in [-0.05, 0) is 68.5 Å². The van der Waals surface area contributed by atoms with E-state index in [9.17, 15) is 9.59 Å². The van der Waals surface area contributed by atoms with E-state index in [1.165, 1.54) is 18.4 Å². The van der Waals surface area contributed by atoms with E-state index in [-0.39, 0.29) is 17.9 Å². The minimum Gasteiger partial charge on any atom is -0.497 e. The number of para-hydroxylation sites is 2. The van der Waals surface area contributed by atoms with Crippen LogP contribution in [0.1, 0.15) is 44.2 Å². The van der Waals surface area contributed by atoms with Gasteiger partial charge in [0.25, 0.3) is 5.56 Å². The Balaban J connectivity index is 1.50. The van der Waals surface area contributed by atoms with Gasteiger partial charge >= 0.3 is 0 Å². The number of hydrogen-bond acceptors (Lipinski definition) is 4. The first-order valence-corrected chi connectivity index (χ1v) is 11.3. The number of carbonyl (C=O) groups excluding carboxylic acids is 1. The van der Waals surface area contributed by atoms with E-state index in [2.05, 4.69) is 16.4 Å². The molecule has 0 bridgehead atoms. The molecule has 1 amide bonds. The van der Waals surface area contributed by atoms with E-state index < -0.39 is 0 Å². The van der Waals surface area contributed by atoms with Gasteiger partial charge < -0.3 is 10.1 Å². The first-order chi connectivity index (χ1) is 15.7. The number of nitrogens with zero attached hydrogens (tertiary/aromatic N) is 2. The average Bonchev–Trinajstić information content (AvgIpc) is 2.83. The number of carbonyl (C=O) groups is 1. The molecule has 0 spiro atoms. The maximum absolute atomic E-state index is 13.3. The highest BCUT2D eigenvalue weighted by Gasteiger charge is 2.14. The van der Waals surface area contributed by atoms with Crippen LogP contribution >= 0.6 is 0 Å². The number of rotatable bonds is 8. The van der Waals surface area contributed by atoms with Crippen molar-refractivity contribution in [3.05, 3.63) is 76.2 Å². The van der Waals surface area contributed by atoms with Crippen LogP contribution < -0.4 is 15.6 Å². The van der Waals surface area contributed by atoms with Crippen molar-refractivity contribution < 1.29 is 9.53 Å². The van der Waals surface area contributed by atoms with E-state index in [1.807, 2.05) is 48.5 Å². The van der Waals surface area contributed by atoms with Gasteiger partial charge in [0, 0.05) is 25.1 Å². The van der Waals surface area contributed by atoms with Crippen LogP contribution in [0, 0.1) is 0 Å². The summed E-state index contributed by atoms with van der Waals surface area (Å²) >= 11 is 0. The average molecular weight is 432 g/mol. The van der Waals surface area contributed by atoms with Crippen LogP contribution in [0.4, 0.5) is 0 Å². The zero-order valence-electron chi connectivity index (χ0n) is 18.5. The Morgan fingerprint density at radius 1 is 1.09 bits per heavy atom. The lowest BCUT2D eigenvalue weighted by Gasteiger charge is -2.14. The summed E-state index contributed by atoms with van der Waals surface area (Å²) in [5.74, 6) is 0.674. The number of amides is 1. The molecule has 6 nitrogen and oxygen atoms in total. The Labute approximate surface area is 187 Å². The molecule has 32 heavy (non-hydrogen) atoms. The first-order valence-electron chi connectivity index (χ1n) is 11.3. The van der Waals surface area contributed by atoms with Gasteiger partial charge in [-0.25, -0.2) is 4.98 Å². The number of ether oxygens (including phenoxy) is 1. The molecule has 0 aliphatic heterocycles. The largest absolute Gasteiger partial charge is 0.497 e. The van der Waals surface area contributed by atoms with Crippen molar-refractivity contribution in [2.45, 2.75) is 44.9 Å². The highest BCUT2D eigenvalue weighted by atomic mass is 16.5. The molecule has 4 rings (SSSR count). The van der Waals surface area contributed by atoms with Crippen LogP contribution in [0.2, 0.25) is 0 Å². The highest BCUT2D eigenvalue weighted by Crippen LogP contribution is 2.20. The van der Waals surface area contributed by atoms with Gasteiger partial charge in [-0.1, -0.05) is 23.8 Å². The Morgan fingerprint density at radius 3 is 2.66 bits per heavy atom. The van der Waals surface area contributed by atoms with Gasteiger partial charge in [0.15, 0.2) is 0 Å². The summed E-state index contributed by atoms with van der Waals surface area (Å²) in [6, 6.07) is 14.9. The van der Waals surface area contributed by atoms with E-state index in [4.69, 9.17) is 4.74 Å². The summed E-state index contributed by atoms with van der Waals surface area (Å²) in [7, 11) is 1.61. The molecule has 3 aromatic rings. The zero-order valence-corrected chi connectivity index (χ0v) is 18.5.